The first-order valence-corrected chi connectivity index (χ1v) is 10.6. The first-order chi connectivity index (χ1) is 13.4. The number of anilines is 1. The van der Waals surface area contributed by atoms with Gasteiger partial charge in [-0.25, -0.2) is 4.79 Å². The van der Waals surface area contributed by atoms with E-state index in [0.29, 0.717) is 24.0 Å². The zero-order chi connectivity index (χ0) is 19.7. The number of likely N-dealkylation sites (tertiary alicyclic amines) is 1. The summed E-state index contributed by atoms with van der Waals surface area (Å²) in [5.74, 6) is 0.873. The van der Waals surface area contributed by atoms with Gasteiger partial charge in [0.2, 0.25) is 5.91 Å². The average molecular weight is 406 g/mol. The van der Waals surface area contributed by atoms with E-state index in [1.165, 1.54) is 12.8 Å². The van der Waals surface area contributed by atoms with Crippen LogP contribution in [0.3, 0.4) is 0 Å². The van der Waals surface area contributed by atoms with Crippen LogP contribution in [0.2, 0.25) is 5.02 Å². The van der Waals surface area contributed by atoms with E-state index in [9.17, 15) is 9.59 Å². The summed E-state index contributed by atoms with van der Waals surface area (Å²) in [7, 11) is 0. The van der Waals surface area contributed by atoms with Crippen LogP contribution >= 0.6 is 11.6 Å². The summed E-state index contributed by atoms with van der Waals surface area (Å²) in [4.78, 5) is 26.8. The molecule has 0 bridgehead atoms. The van der Waals surface area contributed by atoms with E-state index >= 15 is 0 Å². The number of hydrogen-bond donors (Lipinski definition) is 2. The molecule has 0 radical (unpaired) electrons. The lowest BCUT2D eigenvalue weighted by Crippen LogP contribution is -2.54. The third-order valence-electron chi connectivity index (χ3n) is 6.34. The average Bonchev–Trinajstić information content (AvgIpc) is 3.42. The van der Waals surface area contributed by atoms with Gasteiger partial charge in [-0.2, -0.15) is 0 Å². The Hall–Kier alpha value is -1.79. The number of ether oxygens (including phenoxy) is 1. The molecule has 6 nitrogen and oxygen atoms in total. The molecule has 0 unspecified atom stereocenters. The van der Waals surface area contributed by atoms with Crippen molar-refractivity contribution in [3.8, 4) is 0 Å². The highest BCUT2D eigenvalue weighted by molar-refractivity contribution is 6.30. The molecule has 3 fully saturated rings. The molecule has 0 aromatic heterocycles. The van der Waals surface area contributed by atoms with Crippen molar-refractivity contribution in [2.45, 2.75) is 50.7 Å². The van der Waals surface area contributed by atoms with Gasteiger partial charge >= 0.3 is 6.03 Å². The van der Waals surface area contributed by atoms with Crippen LogP contribution < -0.4 is 10.6 Å². The predicted octanol–water partition coefficient (Wildman–Crippen LogP) is 3.66. The van der Waals surface area contributed by atoms with E-state index in [1.54, 1.807) is 24.3 Å². The largest absolute Gasteiger partial charge is 0.362 e. The monoisotopic (exact) mass is 405 g/mol. The predicted molar refractivity (Wildman–Crippen MR) is 108 cm³/mol. The van der Waals surface area contributed by atoms with E-state index in [-0.39, 0.29) is 29.6 Å². The quantitative estimate of drug-likeness (QED) is 0.803. The number of nitrogens with one attached hydrogen (secondary N) is 2. The molecule has 3 aliphatic rings. The number of nitrogens with zero attached hydrogens (tertiary/aromatic N) is 1. The van der Waals surface area contributed by atoms with E-state index in [4.69, 9.17) is 16.3 Å². The molecule has 1 aromatic carbocycles. The minimum Gasteiger partial charge on any atom is -0.362 e. The Morgan fingerprint density at radius 1 is 1.21 bits per heavy atom. The van der Waals surface area contributed by atoms with Gasteiger partial charge < -0.3 is 20.3 Å². The van der Waals surface area contributed by atoms with Crippen molar-refractivity contribution in [2.75, 3.05) is 25.0 Å². The maximum Gasteiger partial charge on any atom is 0.321 e. The topological polar surface area (TPSA) is 70.7 Å². The summed E-state index contributed by atoms with van der Waals surface area (Å²) >= 11 is 5.89. The number of carbonyl (C=O) groups excluding carboxylic acids is 2. The first kappa shape index (κ1) is 19.5. The third kappa shape index (κ3) is 4.28. The summed E-state index contributed by atoms with van der Waals surface area (Å²) in [6, 6.07) is 6.98. The van der Waals surface area contributed by atoms with Gasteiger partial charge in [-0.15, -0.1) is 0 Å². The Balaban J connectivity index is 1.30. The van der Waals surface area contributed by atoms with Crippen molar-refractivity contribution in [3.63, 3.8) is 0 Å². The molecular weight excluding hydrogens is 378 g/mol. The molecule has 4 rings (SSSR count). The van der Waals surface area contributed by atoms with Gasteiger partial charge in [-0.3, -0.25) is 4.79 Å². The van der Waals surface area contributed by atoms with Gasteiger partial charge in [0, 0.05) is 36.3 Å². The van der Waals surface area contributed by atoms with E-state index in [0.717, 1.165) is 31.5 Å². The van der Waals surface area contributed by atoms with Gasteiger partial charge in [0.1, 0.15) is 6.10 Å². The van der Waals surface area contributed by atoms with Crippen molar-refractivity contribution >= 4 is 29.2 Å². The second-order valence-electron chi connectivity index (χ2n) is 8.43. The Morgan fingerprint density at radius 3 is 2.64 bits per heavy atom. The molecule has 1 aliphatic carbocycles. The van der Waals surface area contributed by atoms with Gasteiger partial charge in [0.05, 0.1) is 5.60 Å². The van der Waals surface area contributed by atoms with Crippen molar-refractivity contribution in [1.29, 1.82) is 0 Å². The highest BCUT2D eigenvalue weighted by Gasteiger charge is 2.49. The summed E-state index contributed by atoms with van der Waals surface area (Å²) in [5, 5.41) is 6.60. The van der Waals surface area contributed by atoms with Crippen molar-refractivity contribution in [2.24, 2.45) is 11.8 Å². The summed E-state index contributed by atoms with van der Waals surface area (Å²) in [6.07, 6.45) is 4.49. The van der Waals surface area contributed by atoms with Crippen LogP contribution in [-0.2, 0) is 9.53 Å². The van der Waals surface area contributed by atoms with E-state index < -0.39 is 0 Å². The number of urea groups is 1. The highest BCUT2D eigenvalue weighted by Crippen LogP contribution is 2.42. The fourth-order valence-corrected chi connectivity index (χ4v) is 4.39. The lowest BCUT2D eigenvalue weighted by Gasteiger charge is -2.44. The molecule has 2 heterocycles. The zero-order valence-corrected chi connectivity index (χ0v) is 17.0. The molecule has 2 saturated heterocycles. The number of rotatable bonds is 4. The number of hydrogen-bond acceptors (Lipinski definition) is 3. The number of piperidine rings is 1. The normalized spacial score (nSPS) is 29.7. The van der Waals surface area contributed by atoms with E-state index in [1.807, 2.05) is 4.90 Å². The Kier molecular flexibility index (Phi) is 5.52. The van der Waals surface area contributed by atoms with Crippen molar-refractivity contribution in [1.82, 2.24) is 10.2 Å². The molecule has 3 atom stereocenters. The maximum absolute atomic E-state index is 12.6. The molecule has 3 amide bonds. The van der Waals surface area contributed by atoms with Crippen LogP contribution in [0.5, 0.6) is 0 Å². The molecule has 1 aromatic rings. The third-order valence-corrected chi connectivity index (χ3v) is 6.59. The second kappa shape index (κ2) is 7.91. The molecule has 28 heavy (non-hydrogen) atoms. The number of halogens is 1. The Morgan fingerprint density at radius 2 is 1.96 bits per heavy atom. The SMILES string of the molecule is C[C@@H]1CN(C(=O)Nc2ccc(Cl)cc2)CC[C@@]12CC[C@H](C(=O)NCC1CC1)O2. The first-order valence-electron chi connectivity index (χ1n) is 10.2. The maximum atomic E-state index is 12.6. The second-order valence-corrected chi connectivity index (χ2v) is 8.87. The van der Waals surface area contributed by atoms with E-state index in [2.05, 4.69) is 17.6 Å². The molecule has 1 saturated carbocycles. The van der Waals surface area contributed by atoms with Crippen molar-refractivity contribution < 1.29 is 14.3 Å². The Labute approximate surface area is 170 Å². The molecule has 152 valence electrons. The van der Waals surface area contributed by atoms with Crippen LogP contribution in [0.4, 0.5) is 10.5 Å². The zero-order valence-electron chi connectivity index (χ0n) is 16.2. The summed E-state index contributed by atoms with van der Waals surface area (Å²) < 4.78 is 6.29. The summed E-state index contributed by atoms with van der Waals surface area (Å²) in [6.45, 7) is 4.14. The molecule has 7 heteroatoms. The van der Waals surface area contributed by atoms with Crippen LogP contribution in [0.15, 0.2) is 24.3 Å². The van der Waals surface area contributed by atoms with Crippen molar-refractivity contribution in [3.05, 3.63) is 29.3 Å². The highest BCUT2D eigenvalue weighted by atomic mass is 35.5. The lowest BCUT2D eigenvalue weighted by atomic mass is 9.80. The number of amides is 3. The molecule has 2 aliphatic heterocycles. The molecule has 1 spiro atoms. The van der Waals surface area contributed by atoms with Gasteiger partial charge in [-0.05, 0) is 62.3 Å². The van der Waals surface area contributed by atoms with Gasteiger partial charge in [0.25, 0.3) is 0 Å². The number of carbonyl (C=O) groups is 2. The van der Waals surface area contributed by atoms with Crippen LogP contribution in [0.1, 0.15) is 39.0 Å². The summed E-state index contributed by atoms with van der Waals surface area (Å²) in [5.41, 5.74) is 0.436. The van der Waals surface area contributed by atoms with Crippen LogP contribution in [0.25, 0.3) is 0 Å². The van der Waals surface area contributed by atoms with Gasteiger partial charge in [-0.1, -0.05) is 18.5 Å². The lowest BCUT2D eigenvalue weighted by molar-refractivity contribution is -0.146. The Bertz CT molecular complexity index is 737. The fourth-order valence-electron chi connectivity index (χ4n) is 4.27. The molecular formula is C21H28ClN3O3. The van der Waals surface area contributed by atoms with Crippen LogP contribution in [0, 0.1) is 11.8 Å². The van der Waals surface area contributed by atoms with Crippen LogP contribution in [-0.4, -0.2) is 48.2 Å². The minimum absolute atomic E-state index is 0.0267. The van der Waals surface area contributed by atoms with Gasteiger partial charge in [0.15, 0.2) is 0 Å². The smallest absolute Gasteiger partial charge is 0.321 e. The minimum atomic E-state index is -0.351. The standard InChI is InChI=1S/C21H28ClN3O3/c1-14-13-25(20(27)24-17-6-4-16(22)5-7-17)11-10-21(14)9-8-18(28-21)19(26)23-12-15-2-3-15/h4-7,14-15,18H,2-3,8-13H2,1H3,(H,23,26)(H,24,27)/t14-,18-,21+/m1/s1. The number of benzene rings is 1. The molecule has 2 N–H and O–H groups in total. The fraction of sp³-hybridized carbons (Fsp3) is 0.619.